The quantitative estimate of drug-likeness (QED) is 0.582. The lowest BCUT2D eigenvalue weighted by Gasteiger charge is -2.17. The van der Waals surface area contributed by atoms with E-state index < -0.39 is 17.9 Å². The predicted octanol–water partition coefficient (Wildman–Crippen LogP) is 1.44. The van der Waals surface area contributed by atoms with Crippen molar-refractivity contribution in [1.29, 1.82) is 0 Å². The zero-order chi connectivity index (χ0) is 16.2. The Labute approximate surface area is 126 Å². The highest BCUT2D eigenvalue weighted by Gasteiger charge is 2.25. The van der Waals surface area contributed by atoms with Crippen LogP contribution in [0.1, 0.15) is 47.9 Å². The van der Waals surface area contributed by atoms with E-state index in [-0.39, 0.29) is 28.9 Å². The molecule has 0 radical (unpaired) electrons. The van der Waals surface area contributed by atoms with Crippen molar-refractivity contribution in [3.63, 3.8) is 0 Å². The summed E-state index contributed by atoms with van der Waals surface area (Å²) in [5.41, 5.74) is 5.28. The number of carbonyl (C=O) groups excluding carboxylic acids is 3. The van der Waals surface area contributed by atoms with Gasteiger partial charge < -0.3 is 15.8 Å². The van der Waals surface area contributed by atoms with Gasteiger partial charge in [0.2, 0.25) is 5.91 Å². The van der Waals surface area contributed by atoms with Crippen molar-refractivity contribution in [3.8, 4) is 0 Å². The summed E-state index contributed by atoms with van der Waals surface area (Å²) in [6.45, 7) is 6.85. The highest BCUT2D eigenvalue weighted by molar-refractivity contribution is 7.17. The van der Waals surface area contributed by atoms with Gasteiger partial charge in [-0.15, -0.1) is 0 Å². The number of anilines is 1. The molecule has 1 unspecified atom stereocenters. The Morgan fingerprint density at radius 3 is 2.43 bits per heavy atom. The Morgan fingerprint density at radius 1 is 1.38 bits per heavy atom. The number of esters is 1. The molecule has 1 rings (SSSR count). The Hall–Kier alpha value is -1.96. The first-order chi connectivity index (χ1) is 9.77. The minimum absolute atomic E-state index is 0.0381. The number of Topliss-reactive ketones (excluding diaryl/α,β-unsaturated/α-hetero) is 1. The van der Waals surface area contributed by atoms with Crippen LogP contribution in [-0.2, 0) is 9.53 Å². The number of nitrogens with one attached hydrogen (secondary N) is 1. The first-order valence-corrected chi connectivity index (χ1v) is 7.34. The number of primary amides is 1. The van der Waals surface area contributed by atoms with Gasteiger partial charge in [-0.3, -0.25) is 9.59 Å². The van der Waals surface area contributed by atoms with Gasteiger partial charge in [0.1, 0.15) is 10.9 Å². The molecule has 3 N–H and O–H groups in total. The summed E-state index contributed by atoms with van der Waals surface area (Å²) in [4.78, 5) is 39.0. The number of hydrogen-bond donors (Lipinski definition) is 2. The van der Waals surface area contributed by atoms with Crippen LogP contribution in [0, 0.1) is 5.92 Å². The second-order valence-corrected chi connectivity index (χ2v) is 5.74. The van der Waals surface area contributed by atoms with Crippen molar-refractivity contribution >= 4 is 34.1 Å². The summed E-state index contributed by atoms with van der Waals surface area (Å²) in [5.74, 6) is -1.53. The number of aromatic nitrogens is 1. The van der Waals surface area contributed by atoms with Crippen LogP contribution in [0.3, 0.4) is 0 Å². The maximum absolute atomic E-state index is 11.8. The lowest BCUT2D eigenvalue weighted by molar-refractivity contribution is -0.119. The lowest BCUT2D eigenvalue weighted by Crippen LogP contribution is -2.39. The Balaban J connectivity index is 3.10. The van der Waals surface area contributed by atoms with Crippen LogP contribution >= 0.6 is 11.3 Å². The Bertz CT molecular complexity index is 554. The van der Waals surface area contributed by atoms with Gasteiger partial charge in [-0.05, 0) is 12.8 Å². The van der Waals surface area contributed by atoms with E-state index in [1.807, 2.05) is 13.8 Å². The van der Waals surface area contributed by atoms with Crippen LogP contribution in [0.5, 0.6) is 0 Å². The molecule has 0 aromatic carbocycles. The Kier molecular flexibility index (Phi) is 5.83. The molecule has 0 aliphatic carbocycles. The molecule has 0 aliphatic rings. The monoisotopic (exact) mass is 313 g/mol. The van der Waals surface area contributed by atoms with Crippen molar-refractivity contribution in [2.75, 3.05) is 11.9 Å². The van der Waals surface area contributed by atoms with E-state index in [1.165, 1.54) is 6.92 Å². The van der Waals surface area contributed by atoms with Crippen LogP contribution < -0.4 is 11.1 Å². The molecule has 0 saturated heterocycles. The normalized spacial score (nSPS) is 12.0. The van der Waals surface area contributed by atoms with Crippen LogP contribution in [0.15, 0.2) is 0 Å². The molecule has 116 valence electrons. The standard InChI is InChI=1S/C13H19N3O4S/c1-5-20-12(19)9-10(7(4)17)21-13(16-9)15-8(6(2)3)11(14)18/h6,8H,5H2,1-4H3,(H2,14,18)(H,15,16). The van der Waals surface area contributed by atoms with Crippen molar-refractivity contribution in [2.24, 2.45) is 11.7 Å². The topological polar surface area (TPSA) is 111 Å². The van der Waals surface area contributed by atoms with E-state index in [4.69, 9.17) is 10.5 Å². The third-order valence-electron chi connectivity index (χ3n) is 2.67. The third kappa shape index (κ3) is 4.25. The van der Waals surface area contributed by atoms with E-state index >= 15 is 0 Å². The molecule has 1 aromatic heterocycles. The van der Waals surface area contributed by atoms with Crippen LogP contribution in [0.25, 0.3) is 0 Å². The number of amides is 1. The van der Waals surface area contributed by atoms with E-state index in [0.29, 0.717) is 5.13 Å². The van der Waals surface area contributed by atoms with Crippen molar-refractivity contribution in [2.45, 2.75) is 33.7 Å². The number of hydrogen-bond acceptors (Lipinski definition) is 7. The fourth-order valence-corrected chi connectivity index (χ4v) is 2.54. The molecular formula is C13H19N3O4S. The summed E-state index contributed by atoms with van der Waals surface area (Å²) in [6, 6.07) is -0.633. The molecule has 0 saturated carbocycles. The average Bonchev–Trinajstić information content (AvgIpc) is 2.79. The summed E-state index contributed by atoms with van der Waals surface area (Å²) >= 11 is 1.00. The van der Waals surface area contributed by atoms with Crippen molar-refractivity contribution in [3.05, 3.63) is 10.6 Å². The smallest absolute Gasteiger partial charge is 0.358 e. The minimum atomic E-state index is -0.660. The summed E-state index contributed by atoms with van der Waals surface area (Å²) in [7, 11) is 0. The van der Waals surface area contributed by atoms with E-state index in [1.54, 1.807) is 6.92 Å². The number of nitrogens with zero attached hydrogens (tertiary/aromatic N) is 1. The average molecular weight is 313 g/mol. The molecule has 0 fully saturated rings. The van der Waals surface area contributed by atoms with Crippen LogP contribution in [0.4, 0.5) is 5.13 Å². The molecule has 1 aromatic rings. The molecular weight excluding hydrogens is 294 g/mol. The number of ether oxygens (including phenoxy) is 1. The van der Waals surface area contributed by atoms with E-state index in [9.17, 15) is 14.4 Å². The van der Waals surface area contributed by atoms with Gasteiger partial charge in [0.05, 0.1) is 6.61 Å². The molecule has 8 heteroatoms. The van der Waals surface area contributed by atoms with Crippen LogP contribution in [0.2, 0.25) is 0 Å². The molecule has 1 amide bonds. The third-order valence-corrected chi connectivity index (χ3v) is 3.76. The second kappa shape index (κ2) is 7.16. The number of thiazole rings is 1. The minimum Gasteiger partial charge on any atom is -0.461 e. The number of nitrogens with two attached hydrogens (primary N) is 1. The second-order valence-electron chi connectivity index (χ2n) is 4.74. The first-order valence-electron chi connectivity index (χ1n) is 6.52. The zero-order valence-corrected chi connectivity index (χ0v) is 13.2. The van der Waals surface area contributed by atoms with Crippen molar-refractivity contribution in [1.82, 2.24) is 4.98 Å². The first kappa shape index (κ1) is 17.1. The molecule has 0 aliphatic heterocycles. The maximum Gasteiger partial charge on any atom is 0.358 e. The highest BCUT2D eigenvalue weighted by atomic mass is 32.1. The van der Waals surface area contributed by atoms with Gasteiger partial charge in [-0.2, -0.15) is 0 Å². The van der Waals surface area contributed by atoms with Gasteiger partial charge in [-0.1, -0.05) is 25.2 Å². The highest BCUT2D eigenvalue weighted by Crippen LogP contribution is 2.25. The van der Waals surface area contributed by atoms with Gasteiger partial charge in [0.25, 0.3) is 0 Å². The summed E-state index contributed by atoms with van der Waals surface area (Å²) in [5, 5.41) is 3.16. The molecule has 7 nitrogen and oxygen atoms in total. The molecule has 21 heavy (non-hydrogen) atoms. The van der Waals surface area contributed by atoms with E-state index in [2.05, 4.69) is 10.3 Å². The summed E-state index contributed by atoms with van der Waals surface area (Å²) < 4.78 is 4.87. The molecule has 0 spiro atoms. The molecule has 0 bridgehead atoms. The predicted molar refractivity (Wildman–Crippen MR) is 79.5 cm³/mol. The SMILES string of the molecule is CCOC(=O)c1nc(NC(C(N)=O)C(C)C)sc1C(C)=O. The van der Waals surface area contributed by atoms with Crippen LogP contribution in [-0.4, -0.2) is 35.3 Å². The lowest BCUT2D eigenvalue weighted by atomic mass is 10.0. The number of carbonyl (C=O) groups is 3. The fourth-order valence-electron chi connectivity index (χ4n) is 1.66. The zero-order valence-electron chi connectivity index (χ0n) is 12.4. The van der Waals surface area contributed by atoms with Gasteiger partial charge in [0, 0.05) is 6.92 Å². The van der Waals surface area contributed by atoms with Crippen molar-refractivity contribution < 1.29 is 19.1 Å². The fraction of sp³-hybridized carbons (Fsp3) is 0.538. The van der Waals surface area contributed by atoms with Gasteiger partial charge >= 0.3 is 5.97 Å². The maximum atomic E-state index is 11.8. The van der Waals surface area contributed by atoms with E-state index in [0.717, 1.165) is 11.3 Å². The molecule has 1 atom stereocenters. The van der Waals surface area contributed by atoms with Gasteiger partial charge in [-0.25, -0.2) is 9.78 Å². The molecule has 1 heterocycles. The number of rotatable bonds is 7. The number of ketones is 1. The Morgan fingerprint density at radius 2 is 2.00 bits per heavy atom. The van der Waals surface area contributed by atoms with Gasteiger partial charge in [0.15, 0.2) is 16.6 Å². The summed E-state index contributed by atoms with van der Waals surface area (Å²) in [6.07, 6.45) is 0. The largest absolute Gasteiger partial charge is 0.461 e.